The molecule has 4 nitrogen and oxygen atoms in total. The molecule has 1 aliphatic rings. The largest absolute Gasteiger partial charge is 0.416 e. The molecule has 0 spiro atoms. The summed E-state index contributed by atoms with van der Waals surface area (Å²) in [6.07, 6.45) is -3.82. The van der Waals surface area contributed by atoms with Crippen LogP contribution in [0.3, 0.4) is 0 Å². The maximum Gasteiger partial charge on any atom is 0.416 e. The first-order valence-electron chi connectivity index (χ1n) is 8.87. The summed E-state index contributed by atoms with van der Waals surface area (Å²) in [5.74, 6) is -2.88. The van der Waals surface area contributed by atoms with Gasteiger partial charge in [-0.25, -0.2) is 8.78 Å². The summed E-state index contributed by atoms with van der Waals surface area (Å²) in [6, 6.07) is 6.66. The summed E-state index contributed by atoms with van der Waals surface area (Å²) in [7, 11) is 0. The Kier molecular flexibility index (Phi) is 5.86. The van der Waals surface area contributed by atoms with Crippen molar-refractivity contribution in [2.24, 2.45) is 5.92 Å². The molecule has 1 N–H and O–H groups in total. The zero-order chi connectivity index (χ0) is 21.2. The van der Waals surface area contributed by atoms with Crippen molar-refractivity contribution in [3.05, 3.63) is 65.2 Å². The van der Waals surface area contributed by atoms with Crippen LogP contribution >= 0.6 is 0 Å². The Bertz CT molecular complexity index is 884. The SMILES string of the molecule is O=C(Nc1cc(F)cc(F)c1)C1CCN(C(=O)c2ccc(C(F)(F)F)cc2)CC1. The maximum absolute atomic E-state index is 13.2. The zero-order valence-electron chi connectivity index (χ0n) is 15.1. The number of alkyl halides is 3. The highest BCUT2D eigenvalue weighted by molar-refractivity contribution is 5.95. The van der Waals surface area contributed by atoms with Crippen LogP contribution in [0.25, 0.3) is 0 Å². The monoisotopic (exact) mass is 412 g/mol. The van der Waals surface area contributed by atoms with E-state index in [1.54, 1.807) is 0 Å². The molecule has 0 aliphatic carbocycles. The number of nitrogens with zero attached hydrogens (tertiary/aromatic N) is 1. The number of carbonyl (C=O) groups excluding carboxylic acids is 2. The summed E-state index contributed by atoms with van der Waals surface area (Å²) in [5, 5.41) is 2.46. The Hall–Kier alpha value is -2.97. The lowest BCUT2D eigenvalue weighted by molar-refractivity contribution is -0.137. The van der Waals surface area contributed by atoms with Crippen molar-refractivity contribution >= 4 is 17.5 Å². The first kappa shape index (κ1) is 20.8. The molecule has 1 fully saturated rings. The van der Waals surface area contributed by atoms with Gasteiger partial charge in [0.25, 0.3) is 5.91 Å². The first-order chi connectivity index (χ1) is 13.6. The topological polar surface area (TPSA) is 49.4 Å². The lowest BCUT2D eigenvalue weighted by Gasteiger charge is -2.31. The Morgan fingerprint density at radius 2 is 1.48 bits per heavy atom. The third-order valence-electron chi connectivity index (χ3n) is 4.74. The van der Waals surface area contributed by atoms with Gasteiger partial charge < -0.3 is 10.2 Å². The smallest absolute Gasteiger partial charge is 0.339 e. The average Bonchev–Trinajstić information content (AvgIpc) is 2.66. The molecule has 2 amide bonds. The molecule has 2 aromatic carbocycles. The van der Waals surface area contributed by atoms with Crippen molar-refractivity contribution in [1.82, 2.24) is 4.90 Å². The molecule has 9 heteroatoms. The number of rotatable bonds is 3. The molecule has 0 aromatic heterocycles. The van der Waals surface area contributed by atoms with E-state index < -0.39 is 41.1 Å². The van der Waals surface area contributed by atoms with Crippen LogP contribution in [0.1, 0.15) is 28.8 Å². The van der Waals surface area contributed by atoms with Gasteiger partial charge in [0.1, 0.15) is 11.6 Å². The van der Waals surface area contributed by atoms with Gasteiger partial charge in [-0.15, -0.1) is 0 Å². The van der Waals surface area contributed by atoms with E-state index in [9.17, 15) is 31.5 Å². The molecule has 0 unspecified atom stereocenters. The van der Waals surface area contributed by atoms with Crippen LogP contribution < -0.4 is 5.32 Å². The lowest BCUT2D eigenvalue weighted by atomic mass is 9.95. The molecule has 3 rings (SSSR count). The number of hydrogen-bond acceptors (Lipinski definition) is 2. The maximum atomic E-state index is 13.2. The number of carbonyl (C=O) groups is 2. The molecule has 1 aliphatic heterocycles. The molecule has 0 radical (unpaired) electrons. The zero-order valence-corrected chi connectivity index (χ0v) is 15.1. The number of benzene rings is 2. The van der Waals surface area contributed by atoms with E-state index in [1.807, 2.05) is 0 Å². The van der Waals surface area contributed by atoms with Gasteiger partial charge in [-0.3, -0.25) is 9.59 Å². The van der Waals surface area contributed by atoms with Gasteiger partial charge >= 0.3 is 6.18 Å². The van der Waals surface area contributed by atoms with E-state index in [0.717, 1.165) is 36.4 Å². The van der Waals surface area contributed by atoms with Gasteiger partial charge in [0.2, 0.25) is 5.91 Å². The van der Waals surface area contributed by atoms with E-state index in [1.165, 1.54) is 4.90 Å². The summed E-state index contributed by atoms with van der Waals surface area (Å²) in [5.41, 5.74) is -0.690. The van der Waals surface area contributed by atoms with Gasteiger partial charge in [0.15, 0.2) is 0 Å². The standard InChI is InChI=1S/C20H17F5N2O2/c21-15-9-16(22)11-17(10-15)26-18(28)12-5-7-27(8-6-12)19(29)13-1-3-14(4-2-13)20(23,24)25/h1-4,9-12H,5-8H2,(H,26,28). The Morgan fingerprint density at radius 3 is 2.00 bits per heavy atom. The first-order valence-corrected chi connectivity index (χ1v) is 8.87. The number of hydrogen-bond donors (Lipinski definition) is 1. The van der Waals surface area contributed by atoms with Crippen molar-refractivity contribution in [2.45, 2.75) is 19.0 Å². The van der Waals surface area contributed by atoms with Crippen LogP contribution in [0.5, 0.6) is 0 Å². The highest BCUT2D eigenvalue weighted by Gasteiger charge is 2.31. The van der Waals surface area contributed by atoms with E-state index in [0.29, 0.717) is 18.9 Å². The third kappa shape index (κ3) is 5.10. The fraction of sp³-hybridized carbons (Fsp3) is 0.300. The lowest BCUT2D eigenvalue weighted by Crippen LogP contribution is -2.41. The summed E-state index contributed by atoms with van der Waals surface area (Å²) in [6.45, 7) is 0.491. The molecule has 0 atom stereocenters. The number of nitrogens with one attached hydrogen (secondary N) is 1. The number of likely N-dealkylation sites (tertiary alicyclic amines) is 1. The normalized spacial score (nSPS) is 15.3. The molecule has 154 valence electrons. The van der Waals surface area contributed by atoms with Gasteiger partial charge in [0, 0.05) is 36.3 Å². The molecule has 0 bridgehead atoms. The molecule has 29 heavy (non-hydrogen) atoms. The number of halogens is 5. The van der Waals surface area contributed by atoms with E-state index in [-0.39, 0.29) is 24.3 Å². The second-order valence-electron chi connectivity index (χ2n) is 6.79. The van der Waals surface area contributed by atoms with Gasteiger partial charge in [-0.05, 0) is 49.2 Å². The fourth-order valence-electron chi connectivity index (χ4n) is 3.20. The number of anilines is 1. The average molecular weight is 412 g/mol. The minimum atomic E-state index is -4.47. The van der Waals surface area contributed by atoms with Crippen LogP contribution in [0, 0.1) is 17.6 Å². The minimum absolute atomic E-state index is 0.00996. The number of amides is 2. The molecule has 2 aromatic rings. The van der Waals surface area contributed by atoms with Crippen LogP contribution in [-0.4, -0.2) is 29.8 Å². The second kappa shape index (κ2) is 8.18. The predicted molar refractivity (Wildman–Crippen MR) is 95.1 cm³/mol. The minimum Gasteiger partial charge on any atom is -0.339 e. The van der Waals surface area contributed by atoms with Crippen molar-refractivity contribution in [2.75, 3.05) is 18.4 Å². The highest BCUT2D eigenvalue weighted by Crippen LogP contribution is 2.29. The Morgan fingerprint density at radius 1 is 0.931 bits per heavy atom. The van der Waals surface area contributed by atoms with Crippen LogP contribution in [0.4, 0.5) is 27.6 Å². The third-order valence-corrected chi connectivity index (χ3v) is 4.74. The van der Waals surface area contributed by atoms with Gasteiger partial charge in [0.05, 0.1) is 5.56 Å². The summed E-state index contributed by atoms with van der Waals surface area (Å²) >= 11 is 0. The molecule has 1 saturated heterocycles. The van der Waals surface area contributed by atoms with Crippen molar-refractivity contribution in [1.29, 1.82) is 0 Å². The predicted octanol–water partition coefficient (Wildman–Crippen LogP) is 4.47. The highest BCUT2D eigenvalue weighted by atomic mass is 19.4. The van der Waals surface area contributed by atoms with Crippen LogP contribution in [0.2, 0.25) is 0 Å². The fourth-order valence-corrected chi connectivity index (χ4v) is 3.20. The van der Waals surface area contributed by atoms with E-state index in [4.69, 9.17) is 0 Å². The Labute approximate surface area is 163 Å². The molecule has 1 heterocycles. The Balaban J connectivity index is 1.57. The van der Waals surface area contributed by atoms with E-state index >= 15 is 0 Å². The quantitative estimate of drug-likeness (QED) is 0.756. The molecule has 0 saturated carbocycles. The van der Waals surface area contributed by atoms with Gasteiger partial charge in [-0.1, -0.05) is 0 Å². The van der Waals surface area contributed by atoms with Gasteiger partial charge in [-0.2, -0.15) is 13.2 Å². The number of piperidine rings is 1. The van der Waals surface area contributed by atoms with Crippen molar-refractivity contribution in [3.63, 3.8) is 0 Å². The van der Waals surface area contributed by atoms with Crippen LogP contribution in [0.15, 0.2) is 42.5 Å². The van der Waals surface area contributed by atoms with Crippen molar-refractivity contribution in [3.8, 4) is 0 Å². The molecular weight excluding hydrogens is 395 g/mol. The second-order valence-corrected chi connectivity index (χ2v) is 6.79. The van der Waals surface area contributed by atoms with Crippen molar-refractivity contribution < 1.29 is 31.5 Å². The van der Waals surface area contributed by atoms with Crippen LogP contribution in [-0.2, 0) is 11.0 Å². The summed E-state index contributed by atoms with van der Waals surface area (Å²) in [4.78, 5) is 26.2. The van der Waals surface area contributed by atoms with E-state index in [2.05, 4.69) is 5.32 Å². The molecular formula is C20H17F5N2O2. The summed E-state index contributed by atoms with van der Waals surface area (Å²) < 4.78 is 64.3.